The van der Waals surface area contributed by atoms with Gasteiger partial charge in [-0.15, -0.1) is 0 Å². The first kappa shape index (κ1) is 18.7. The number of aliphatic hydroxyl groups is 1. The van der Waals surface area contributed by atoms with E-state index in [1.54, 1.807) is 0 Å². The molecule has 1 unspecified atom stereocenters. The van der Waals surface area contributed by atoms with E-state index in [2.05, 4.69) is 6.92 Å². The minimum Gasteiger partial charge on any atom is -0.481 e. The maximum Gasteiger partial charge on any atom is 0.309 e. The Bertz CT molecular complexity index is 591. The van der Waals surface area contributed by atoms with E-state index in [0.717, 1.165) is 38.5 Å². The summed E-state index contributed by atoms with van der Waals surface area (Å²) in [5, 5.41) is 20.2. The second-order valence-electron chi connectivity index (χ2n) is 10.4. The van der Waals surface area contributed by atoms with E-state index in [0.29, 0.717) is 18.4 Å². The third kappa shape index (κ3) is 2.24. The number of fused-ring (bicyclic) bond motifs is 3. The molecule has 4 aliphatic rings. The van der Waals surface area contributed by atoms with Crippen molar-refractivity contribution < 1.29 is 19.7 Å². The van der Waals surface area contributed by atoms with Gasteiger partial charge in [0, 0.05) is 6.61 Å². The highest BCUT2D eigenvalue weighted by molar-refractivity contribution is 5.75. The monoisotopic (exact) mass is 364 g/mol. The summed E-state index contributed by atoms with van der Waals surface area (Å²) in [6.07, 6.45) is 9.62. The van der Waals surface area contributed by atoms with Crippen LogP contribution in [0.4, 0.5) is 0 Å². The van der Waals surface area contributed by atoms with Crippen LogP contribution in [0, 0.1) is 34.0 Å². The largest absolute Gasteiger partial charge is 0.481 e. The molecule has 2 N–H and O–H groups in total. The Morgan fingerprint density at radius 3 is 2.54 bits per heavy atom. The molecule has 0 aromatic carbocycles. The smallest absolute Gasteiger partial charge is 0.309 e. The van der Waals surface area contributed by atoms with Crippen LogP contribution in [0.15, 0.2) is 0 Å². The van der Waals surface area contributed by atoms with Crippen molar-refractivity contribution in [2.45, 2.75) is 84.2 Å². The molecule has 4 heteroatoms. The van der Waals surface area contributed by atoms with Crippen molar-refractivity contribution in [2.75, 3.05) is 13.2 Å². The quantitative estimate of drug-likeness (QED) is 0.782. The zero-order chi connectivity index (χ0) is 18.8. The highest BCUT2D eigenvalue weighted by Gasteiger charge is 2.68. The molecular formula is C22H36O4. The molecule has 4 rings (SSSR count). The van der Waals surface area contributed by atoms with Gasteiger partial charge >= 0.3 is 5.97 Å². The number of carbonyl (C=O) groups is 1. The SMILES string of the molecule is CCO[C@]1(CO)CC23CC[C@H]4[C@@](C)(CCC[C@@]4(C)C(=O)O)[C@@H]2CC[C@@H]1C3. The Balaban J connectivity index is 1.70. The Morgan fingerprint density at radius 1 is 1.12 bits per heavy atom. The van der Waals surface area contributed by atoms with Crippen LogP contribution in [0.5, 0.6) is 0 Å². The van der Waals surface area contributed by atoms with Crippen LogP contribution in [-0.2, 0) is 9.53 Å². The molecule has 26 heavy (non-hydrogen) atoms. The van der Waals surface area contributed by atoms with Crippen molar-refractivity contribution in [3.05, 3.63) is 0 Å². The normalized spacial score (nSPS) is 53.0. The minimum absolute atomic E-state index is 0.117. The summed E-state index contributed by atoms with van der Waals surface area (Å²) in [5.74, 6) is 0.740. The molecule has 2 bridgehead atoms. The van der Waals surface area contributed by atoms with E-state index in [1.165, 1.54) is 19.3 Å². The van der Waals surface area contributed by atoms with Gasteiger partial charge in [-0.3, -0.25) is 4.79 Å². The molecule has 0 saturated heterocycles. The second-order valence-corrected chi connectivity index (χ2v) is 10.4. The fourth-order valence-electron chi connectivity index (χ4n) is 8.54. The first-order valence-electron chi connectivity index (χ1n) is 10.7. The molecule has 4 aliphatic carbocycles. The molecule has 1 spiro atoms. The van der Waals surface area contributed by atoms with Crippen molar-refractivity contribution in [2.24, 2.45) is 34.0 Å². The van der Waals surface area contributed by atoms with E-state index < -0.39 is 11.4 Å². The molecule has 0 aromatic rings. The van der Waals surface area contributed by atoms with Gasteiger partial charge in [0.2, 0.25) is 0 Å². The average molecular weight is 365 g/mol. The van der Waals surface area contributed by atoms with Crippen LogP contribution in [-0.4, -0.2) is 35.0 Å². The first-order valence-corrected chi connectivity index (χ1v) is 10.7. The number of ether oxygens (including phenoxy) is 1. The molecule has 148 valence electrons. The number of hydrogen-bond donors (Lipinski definition) is 2. The highest BCUT2D eigenvalue weighted by atomic mass is 16.5. The van der Waals surface area contributed by atoms with E-state index in [-0.39, 0.29) is 29.0 Å². The lowest BCUT2D eigenvalue weighted by atomic mass is 9.41. The molecule has 4 saturated carbocycles. The maximum atomic E-state index is 12.2. The van der Waals surface area contributed by atoms with Gasteiger partial charge in [-0.25, -0.2) is 0 Å². The molecule has 7 atom stereocenters. The Hall–Kier alpha value is -0.610. The zero-order valence-electron chi connectivity index (χ0n) is 16.7. The van der Waals surface area contributed by atoms with Gasteiger partial charge < -0.3 is 14.9 Å². The number of rotatable bonds is 4. The number of carboxylic acids is 1. The van der Waals surface area contributed by atoms with Crippen LogP contribution in [0.25, 0.3) is 0 Å². The molecule has 0 amide bonds. The summed E-state index contributed by atoms with van der Waals surface area (Å²) < 4.78 is 6.20. The predicted octanol–water partition coefficient (Wildman–Crippen LogP) is 4.25. The standard InChI is InChI=1S/C22H36O4/c1-4-26-22(14-23)13-21-11-8-16-19(2,17(21)7-6-15(22)12-21)9-5-10-20(16,3)18(24)25/h15-17,23H,4-14H2,1-3H3,(H,24,25)/t15-,16+,17+,19-,20-,21?,22+/m1/s1. The topological polar surface area (TPSA) is 66.8 Å². The van der Waals surface area contributed by atoms with E-state index in [9.17, 15) is 15.0 Å². The summed E-state index contributed by atoms with van der Waals surface area (Å²) in [6, 6.07) is 0. The summed E-state index contributed by atoms with van der Waals surface area (Å²) >= 11 is 0. The molecular weight excluding hydrogens is 328 g/mol. The molecule has 0 radical (unpaired) electrons. The van der Waals surface area contributed by atoms with Gasteiger partial charge in [-0.2, -0.15) is 0 Å². The van der Waals surface area contributed by atoms with E-state index >= 15 is 0 Å². The minimum atomic E-state index is -0.594. The Kier molecular flexibility index (Phi) is 4.28. The molecule has 0 aliphatic heterocycles. The van der Waals surface area contributed by atoms with Gasteiger partial charge in [0.1, 0.15) is 0 Å². The highest BCUT2D eigenvalue weighted by Crippen LogP contribution is 2.73. The first-order chi connectivity index (χ1) is 12.3. The average Bonchev–Trinajstić information content (AvgIpc) is 2.82. The van der Waals surface area contributed by atoms with E-state index in [1.807, 2.05) is 13.8 Å². The van der Waals surface area contributed by atoms with Gasteiger partial charge in [-0.05, 0) is 93.8 Å². The zero-order valence-corrected chi connectivity index (χ0v) is 16.7. The molecule has 0 aromatic heterocycles. The number of aliphatic carboxylic acids is 1. The van der Waals surface area contributed by atoms with Crippen molar-refractivity contribution in [1.82, 2.24) is 0 Å². The number of aliphatic hydroxyl groups excluding tert-OH is 1. The molecule has 4 nitrogen and oxygen atoms in total. The molecule has 4 fully saturated rings. The lowest BCUT2D eigenvalue weighted by Crippen LogP contribution is -2.58. The summed E-state index contributed by atoms with van der Waals surface area (Å²) in [4.78, 5) is 12.2. The van der Waals surface area contributed by atoms with Crippen molar-refractivity contribution in [3.63, 3.8) is 0 Å². The van der Waals surface area contributed by atoms with Gasteiger partial charge in [0.05, 0.1) is 17.6 Å². The summed E-state index contributed by atoms with van der Waals surface area (Å²) in [6.45, 7) is 7.24. The third-order valence-corrected chi connectivity index (χ3v) is 9.48. The molecule has 0 heterocycles. The number of hydrogen-bond acceptors (Lipinski definition) is 3. The second kappa shape index (κ2) is 5.94. The predicted molar refractivity (Wildman–Crippen MR) is 99.7 cm³/mol. The van der Waals surface area contributed by atoms with Crippen molar-refractivity contribution in [1.29, 1.82) is 0 Å². The lowest BCUT2D eigenvalue weighted by molar-refractivity contribution is -0.181. The Labute approximate surface area is 157 Å². The maximum absolute atomic E-state index is 12.2. The lowest BCUT2D eigenvalue weighted by Gasteiger charge is -2.63. The summed E-state index contributed by atoms with van der Waals surface area (Å²) in [5.41, 5.74) is -0.551. The number of carboxylic acid groups (broad SMARTS) is 1. The Morgan fingerprint density at radius 2 is 1.88 bits per heavy atom. The van der Waals surface area contributed by atoms with Gasteiger partial charge in [0.15, 0.2) is 0 Å². The van der Waals surface area contributed by atoms with Gasteiger partial charge in [0.25, 0.3) is 0 Å². The van der Waals surface area contributed by atoms with Crippen LogP contribution >= 0.6 is 0 Å². The van der Waals surface area contributed by atoms with Crippen LogP contribution in [0.1, 0.15) is 78.6 Å². The van der Waals surface area contributed by atoms with Gasteiger partial charge in [-0.1, -0.05) is 13.3 Å². The van der Waals surface area contributed by atoms with Crippen molar-refractivity contribution >= 4 is 5.97 Å². The van der Waals surface area contributed by atoms with Crippen LogP contribution in [0.3, 0.4) is 0 Å². The van der Waals surface area contributed by atoms with Crippen molar-refractivity contribution in [3.8, 4) is 0 Å². The fourth-order valence-corrected chi connectivity index (χ4v) is 8.54. The van der Waals surface area contributed by atoms with Crippen LogP contribution < -0.4 is 0 Å². The van der Waals surface area contributed by atoms with Crippen LogP contribution in [0.2, 0.25) is 0 Å². The third-order valence-electron chi connectivity index (χ3n) is 9.48. The van der Waals surface area contributed by atoms with E-state index in [4.69, 9.17) is 4.74 Å². The fraction of sp³-hybridized carbons (Fsp3) is 0.955. The summed E-state index contributed by atoms with van der Waals surface area (Å²) in [7, 11) is 0.